The number of hydrogen-bond acceptors (Lipinski definition) is 9. The number of nitrogens with zero attached hydrogens (tertiary/aromatic N) is 5. The molecule has 0 spiro atoms. The quantitative estimate of drug-likeness (QED) is 0.372. The molecule has 0 amide bonds. The lowest BCUT2D eigenvalue weighted by atomic mass is 10.3. The molecule has 4 heterocycles. The van der Waals surface area contributed by atoms with E-state index >= 15 is 0 Å². The third-order valence-electron chi connectivity index (χ3n) is 5.13. The molecule has 1 aliphatic rings. The summed E-state index contributed by atoms with van der Waals surface area (Å²) in [5.41, 5.74) is 1.50. The molecule has 1 aromatic carbocycles. The van der Waals surface area contributed by atoms with Gasteiger partial charge in [0.25, 0.3) is 5.89 Å². The van der Waals surface area contributed by atoms with Crippen molar-refractivity contribution in [1.82, 2.24) is 24.1 Å². The number of benzene rings is 1. The smallest absolute Gasteiger partial charge is 0.283 e. The highest BCUT2D eigenvalue weighted by Gasteiger charge is 2.27. The normalized spacial score (nSPS) is 15.5. The number of hydrogen-bond donors (Lipinski definition) is 0. The van der Waals surface area contributed by atoms with E-state index in [1.165, 1.54) is 16.1 Å². The second kappa shape index (κ2) is 8.70. The molecule has 0 unspecified atom stereocenters. The van der Waals surface area contributed by atoms with Crippen LogP contribution in [-0.4, -0.2) is 58.8 Å². The summed E-state index contributed by atoms with van der Waals surface area (Å²) >= 11 is 1.45. The van der Waals surface area contributed by atoms with Crippen molar-refractivity contribution in [2.45, 2.75) is 29.3 Å². The number of rotatable bonds is 7. The van der Waals surface area contributed by atoms with Gasteiger partial charge in [0, 0.05) is 19.6 Å². The van der Waals surface area contributed by atoms with Crippen LogP contribution in [0.3, 0.4) is 0 Å². The number of ether oxygens (including phenoxy) is 1. The number of aromatic nitrogens is 4. The Labute approximate surface area is 188 Å². The Bertz CT molecular complexity index is 1320. The van der Waals surface area contributed by atoms with Crippen molar-refractivity contribution in [2.75, 3.05) is 26.3 Å². The Morgan fingerprint density at radius 3 is 2.75 bits per heavy atom. The zero-order chi connectivity index (χ0) is 22.1. The summed E-state index contributed by atoms with van der Waals surface area (Å²) in [5.74, 6) is 1.72. The zero-order valence-corrected chi connectivity index (χ0v) is 18.9. The molecule has 0 N–H and O–H groups in total. The van der Waals surface area contributed by atoms with Crippen LogP contribution in [0.25, 0.3) is 22.7 Å². The van der Waals surface area contributed by atoms with Gasteiger partial charge in [0.1, 0.15) is 0 Å². The van der Waals surface area contributed by atoms with Gasteiger partial charge in [-0.05, 0) is 37.3 Å². The molecule has 5 rings (SSSR count). The highest BCUT2D eigenvalue weighted by Crippen LogP contribution is 2.29. The van der Waals surface area contributed by atoms with E-state index in [-0.39, 0.29) is 4.90 Å². The lowest BCUT2D eigenvalue weighted by Gasteiger charge is -2.26. The minimum atomic E-state index is -3.58. The first-order valence-corrected chi connectivity index (χ1v) is 12.6. The van der Waals surface area contributed by atoms with Crippen molar-refractivity contribution in [3.63, 3.8) is 0 Å². The first kappa shape index (κ1) is 21.2. The second-order valence-corrected chi connectivity index (χ2v) is 9.95. The van der Waals surface area contributed by atoms with Crippen molar-refractivity contribution in [2.24, 2.45) is 0 Å². The van der Waals surface area contributed by atoms with Crippen molar-refractivity contribution in [1.29, 1.82) is 0 Å². The molecule has 4 aromatic rings. The van der Waals surface area contributed by atoms with Crippen LogP contribution in [0.2, 0.25) is 0 Å². The van der Waals surface area contributed by atoms with Crippen molar-refractivity contribution >= 4 is 32.8 Å². The molecular weight excluding hydrogens is 454 g/mol. The fraction of sp³-hybridized carbons (Fsp3) is 0.350. The maximum Gasteiger partial charge on any atom is 0.283 e. The molecule has 32 heavy (non-hydrogen) atoms. The van der Waals surface area contributed by atoms with Crippen molar-refractivity contribution < 1.29 is 22.0 Å². The van der Waals surface area contributed by atoms with E-state index in [4.69, 9.17) is 13.6 Å². The topological polar surface area (TPSA) is 116 Å². The average Bonchev–Trinajstić information content (AvgIpc) is 3.57. The van der Waals surface area contributed by atoms with Gasteiger partial charge in [0.05, 0.1) is 41.2 Å². The number of fused-ring (bicyclic) bond motifs is 1. The molecule has 0 radical (unpaired) electrons. The zero-order valence-electron chi connectivity index (χ0n) is 17.3. The van der Waals surface area contributed by atoms with E-state index in [2.05, 4.69) is 15.2 Å². The standard InChI is InChI=1S/C20H21N5O5S2/c1-2-25-16-6-5-14(32(26,27)24-7-10-28-11-8-24)12-15(16)21-20(25)31-13-18-22-23-19(30-18)17-4-3-9-29-17/h3-6,9,12H,2,7-8,10-11,13H2,1H3. The maximum absolute atomic E-state index is 13.0. The number of aryl methyl sites for hydroxylation is 1. The molecular formula is C20H21N5O5S2. The van der Waals surface area contributed by atoms with Gasteiger partial charge in [-0.15, -0.1) is 10.2 Å². The molecule has 0 aliphatic carbocycles. The lowest BCUT2D eigenvalue weighted by Crippen LogP contribution is -2.40. The molecule has 168 valence electrons. The van der Waals surface area contributed by atoms with Crippen molar-refractivity contribution in [3.8, 4) is 11.7 Å². The van der Waals surface area contributed by atoms with Gasteiger partial charge >= 0.3 is 0 Å². The summed E-state index contributed by atoms with van der Waals surface area (Å²) in [7, 11) is -3.58. The minimum absolute atomic E-state index is 0.240. The Hall–Kier alpha value is -2.67. The van der Waals surface area contributed by atoms with Crippen LogP contribution in [0.4, 0.5) is 0 Å². The van der Waals surface area contributed by atoms with E-state index in [1.54, 1.807) is 30.5 Å². The monoisotopic (exact) mass is 475 g/mol. The van der Waals surface area contributed by atoms with E-state index in [1.807, 2.05) is 17.6 Å². The van der Waals surface area contributed by atoms with Crippen LogP contribution in [0.1, 0.15) is 12.8 Å². The van der Waals surface area contributed by atoms with Gasteiger partial charge in [-0.3, -0.25) is 0 Å². The summed E-state index contributed by atoms with van der Waals surface area (Å²) < 4.78 is 45.7. The molecule has 1 saturated heterocycles. The van der Waals surface area contributed by atoms with Gasteiger partial charge in [-0.1, -0.05) is 11.8 Å². The van der Waals surface area contributed by atoms with E-state index < -0.39 is 10.0 Å². The Morgan fingerprint density at radius 2 is 2.00 bits per heavy atom. The van der Waals surface area contributed by atoms with Crippen molar-refractivity contribution in [3.05, 3.63) is 42.5 Å². The summed E-state index contributed by atoms with van der Waals surface area (Å²) in [6, 6.07) is 8.60. The fourth-order valence-corrected chi connectivity index (χ4v) is 5.88. The molecule has 3 aromatic heterocycles. The number of morpholine rings is 1. The number of imidazole rings is 1. The third-order valence-corrected chi connectivity index (χ3v) is 7.99. The highest BCUT2D eigenvalue weighted by atomic mass is 32.2. The minimum Gasteiger partial charge on any atom is -0.459 e. The average molecular weight is 476 g/mol. The van der Waals surface area contributed by atoms with Crippen LogP contribution in [-0.2, 0) is 27.1 Å². The molecule has 0 bridgehead atoms. The molecule has 1 fully saturated rings. The highest BCUT2D eigenvalue weighted by molar-refractivity contribution is 7.98. The van der Waals surface area contributed by atoms with Gasteiger partial charge in [0.15, 0.2) is 10.9 Å². The lowest BCUT2D eigenvalue weighted by molar-refractivity contribution is 0.0730. The van der Waals surface area contributed by atoms with Crippen LogP contribution < -0.4 is 0 Å². The Morgan fingerprint density at radius 1 is 1.16 bits per heavy atom. The van der Waals surface area contributed by atoms with E-state index in [0.717, 1.165) is 10.7 Å². The molecule has 1 aliphatic heterocycles. The first-order chi connectivity index (χ1) is 15.6. The van der Waals surface area contributed by atoms with Crippen LogP contribution in [0, 0.1) is 0 Å². The Kier molecular flexibility index (Phi) is 5.76. The SMILES string of the molecule is CCn1c(SCc2nnc(-c3ccco3)o2)nc2cc(S(=O)(=O)N3CCOCC3)ccc21. The summed E-state index contributed by atoms with van der Waals surface area (Å²) in [6.45, 7) is 4.24. The molecule has 12 heteroatoms. The van der Waals surface area contributed by atoms with Crippen LogP contribution >= 0.6 is 11.8 Å². The van der Waals surface area contributed by atoms with Gasteiger partial charge in [0.2, 0.25) is 15.9 Å². The van der Waals surface area contributed by atoms with Gasteiger partial charge < -0.3 is 18.1 Å². The predicted octanol–water partition coefficient (Wildman–Crippen LogP) is 3.01. The largest absolute Gasteiger partial charge is 0.459 e. The molecule has 0 atom stereocenters. The summed E-state index contributed by atoms with van der Waals surface area (Å²) in [6.07, 6.45) is 1.55. The summed E-state index contributed by atoms with van der Waals surface area (Å²) in [5, 5.41) is 8.82. The first-order valence-electron chi connectivity index (χ1n) is 10.1. The third kappa shape index (κ3) is 3.94. The number of sulfonamides is 1. The number of furan rings is 1. The van der Waals surface area contributed by atoms with Crippen LogP contribution in [0.15, 0.2) is 55.5 Å². The maximum atomic E-state index is 13.0. The van der Waals surface area contributed by atoms with Crippen LogP contribution in [0.5, 0.6) is 0 Å². The number of thioether (sulfide) groups is 1. The van der Waals surface area contributed by atoms with Gasteiger partial charge in [-0.2, -0.15) is 4.31 Å². The fourth-order valence-electron chi connectivity index (χ4n) is 3.54. The van der Waals surface area contributed by atoms with E-state index in [0.29, 0.717) is 61.7 Å². The second-order valence-electron chi connectivity index (χ2n) is 7.07. The molecule has 0 saturated carbocycles. The summed E-state index contributed by atoms with van der Waals surface area (Å²) in [4.78, 5) is 4.92. The predicted molar refractivity (Wildman–Crippen MR) is 117 cm³/mol. The molecule has 10 nitrogen and oxygen atoms in total. The Balaban J connectivity index is 1.39. The van der Waals surface area contributed by atoms with Gasteiger partial charge in [-0.25, -0.2) is 13.4 Å². The van der Waals surface area contributed by atoms with E-state index in [9.17, 15) is 8.42 Å².